The molecular formula is C15H23N3O. The van der Waals surface area contributed by atoms with Gasteiger partial charge in [0.15, 0.2) is 0 Å². The van der Waals surface area contributed by atoms with Crippen molar-refractivity contribution in [2.45, 2.75) is 32.2 Å². The molecule has 0 radical (unpaired) electrons. The molecule has 0 unspecified atom stereocenters. The van der Waals surface area contributed by atoms with Crippen LogP contribution in [-0.4, -0.2) is 30.4 Å². The monoisotopic (exact) mass is 261 g/mol. The van der Waals surface area contributed by atoms with Crippen molar-refractivity contribution in [2.75, 3.05) is 25.0 Å². The van der Waals surface area contributed by atoms with Crippen LogP contribution in [0.15, 0.2) is 24.3 Å². The molecule has 1 amide bonds. The van der Waals surface area contributed by atoms with Crippen molar-refractivity contribution in [1.82, 2.24) is 4.90 Å². The van der Waals surface area contributed by atoms with Gasteiger partial charge < -0.3 is 11.1 Å². The summed E-state index contributed by atoms with van der Waals surface area (Å²) >= 11 is 0. The smallest absolute Gasteiger partial charge is 0.238 e. The van der Waals surface area contributed by atoms with Crippen LogP contribution in [0.1, 0.15) is 31.2 Å². The van der Waals surface area contributed by atoms with E-state index in [0.29, 0.717) is 13.1 Å². The maximum absolute atomic E-state index is 12.1. The van der Waals surface area contributed by atoms with Crippen molar-refractivity contribution >= 4 is 11.6 Å². The zero-order chi connectivity index (χ0) is 13.5. The molecule has 1 aromatic carbocycles. The van der Waals surface area contributed by atoms with Crippen LogP contribution < -0.4 is 11.1 Å². The van der Waals surface area contributed by atoms with Gasteiger partial charge in [-0.2, -0.15) is 0 Å². The third kappa shape index (κ3) is 4.33. The zero-order valence-electron chi connectivity index (χ0n) is 11.4. The summed E-state index contributed by atoms with van der Waals surface area (Å²) in [6.45, 7) is 3.00. The van der Waals surface area contributed by atoms with Crippen LogP contribution >= 0.6 is 0 Å². The highest BCUT2D eigenvalue weighted by molar-refractivity contribution is 5.92. The minimum absolute atomic E-state index is 0.0581. The molecule has 0 atom stereocenters. The fourth-order valence-electron chi connectivity index (χ4n) is 2.51. The number of carbonyl (C=O) groups excluding carboxylic acids is 1. The van der Waals surface area contributed by atoms with Gasteiger partial charge >= 0.3 is 0 Å². The Morgan fingerprint density at radius 2 is 1.84 bits per heavy atom. The Balaban J connectivity index is 1.89. The molecular weight excluding hydrogens is 238 g/mol. The molecule has 0 bridgehead atoms. The lowest BCUT2D eigenvalue weighted by Crippen LogP contribution is -2.34. The van der Waals surface area contributed by atoms with E-state index in [0.717, 1.165) is 24.3 Å². The summed E-state index contributed by atoms with van der Waals surface area (Å²) < 4.78 is 0. The summed E-state index contributed by atoms with van der Waals surface area (Å²) in [6.07, 6.45) is 4.97. The van der Waals surface area contributed by atoms with E-state index in [9.17, 15) is 4.79 Å². The van der Waals surface area contributed by atoms with E-state index >= 15 is 0 Å². The lowest BCUT2D eigenvalue weighted by atomic mass is 10.2. The Kier molecular flexibility index (Phi) is 5.36. The minimum atomic E-state index is 0.0581. The first kappa shape index (κ1) is 14.0. The second-order valence-electron chi connectivity index (χ2n) is 5.10. The molecule has 1 heterocycles. The second kappa shape index (κ2) is 7.26. The molecule has 3 N–H and O–H groups in total. The lowest BCUT2D eigenvalue weighted by Gasteiger charge is -2.19. The molecule has 1 saturated heterocycles. The normalized spacial score (nSPS) is 16.9. The van der Waals surface area contributed by atoms with Crippen molar-refractivity contribution in [2.24, 2.45) is 5.73 Å². The summed E-state index contributed by atoms with van der Waals surface area (Å²) in [5.41, 5.74) is 7.49. The SMILES string of the molecule is NCc1ccccc1NC(=O)CN1CCCCCC1. The average molecular weight is 261 g/mol. The van der Waals surface area contributed by atoms with E-state index < -0.39 is 0 Å². The van der Waals surface area contributed by atoms with Gasteiger partial charge in [-0.3, -0.25) is 9.69 Å². The Morgan fingerprint density at radius 3 is 2.53 bits per heavy atom. The number of hydrogen-bond acceptors (Lipinski definition) is 3. The van der Waals surface area contributed by atoms with Gasteiger partial charge in [-0.1, -0.05) is 31.0 Å². The summed E-state index contributed by atoms with van der Waals surface area (Å²) in [4.78, 5) is 14.3. The van der Waals surface area contributed by atoms with Crippen LogP contribution in [-0.2, 0) is 11.3 Å². The molecule has 1 aliphatic rings. The largest absolute Gasteiger partial charge is 0.326 e. The van der Waals surface area contributed by atoms with Crippen molar-refractivity contribution < 1.29 is 4.79 Å². The first-order valence-electron chi connectivity index (χ1n) is 7.10. The number of nitrogens with zero attached hydrogens (tertiary/aromatic N) is 1. The number of para-hydroxylation sites is 1. The third-order valence-electron chi connectivity index (χ3n) is 3.58. The minimum Gasteiger partial charge on any atom is -0.326 e. The molecule has 104 valence electrons. The van der Waals surface area contributed by atoms with Gasteiger partial charge in [-0.25, -0.2) is 0 Å². The average Bonchev–Trinajstić information content (AvgIpc) is 2.68. The van der Waals surface area contributed by atoms with Crippen molar-refractivity contribution in [1.29, 1.82) is 0 Å². The van der Waals surface area contributed by atoms with Crippen molar-refractivity contribution in [3.05, 3.63) is 29.8 Å². The number of benzene rings is 1. The van der Waals surface area contributed by atoms with Crippen LogP contribution in [0.3, 0.4) is 0 Å². The standard InChI is InChI=1S/C15H23N3O/c16-11-13-7-3-4-8-14(13)17-15(19)12-18-9-5-1-2-6-10-18/h3-4,7-8H,1-2,5-6,9-12,16H2,(H,17,19). The fourth-order valence-corrected chi connectivity index (χ4v) is 2.51. The Hall–Kier alpha value is -1.39. The van der Waals surface area contributed by atoms with Gasteiger partial charge in [0.25, 0.3) is 0 Å². The molecule has 4 nitrogen and oxygen atoms in total. The fraction of sp³-hybridized carbons (Fsp3) is 0.533. The van der Waals surface area contributed by atoms with Gasteiger partial charge in [0.1, 0.15) is 0 Å². The highest BCUT2D eigenvalue weighted by Crippen LogP contribution is 2.14. The van der Waals surface area contributed by atoms with Crippen LogP contribution in [0.25, 0.3) is 0 Å². The first-order chi connectivity index (χ1) is 9.29. The maximum atomic E-state index is 12.1. The van der Waals surface area contributed by atoms with Crippen LogP contribution in [0.4, 0.5) is 5.69 Å². The Morgan fingerprint density at radius 1 is 1.16 bits per heavy atom. The summed E-state index contributed by atoms with van der Waals surface area (Å²) in [5.74, 6) is 0.0581. The van der Waals surface area contributed by atoms with Crippen LogP contribution in [0.2, 0.25) is 0 Å². The number of anilines is 1. The maximum Gasteiger partial charge on any atom is 0.238 e. The van der Waals surface area contributed by atoms with E-state index in [1.807, 2.05) is 24.3 Å². The molecule has 4 heteroatoms. The number of carbonyl (C=O) groups is 1. The molecule has 1 fully saturated rings. The predicted octanol–water partition coefficient (Wildman–Crippen LogP) is 1.96. The van der Waals surface area contributed by atoms with E-state index in [4.69, 9.17) is 5.73 Å². The topological polar surface area (TPSA) is 58.4 Å². The number of hydrogen-bond donors (Lipinski definition) is 2. The number of likely N-dealkylation sites (tertiary alicyclic amines) is 1. The quantitative estimate of drug-likeness (QED) is 0.871. The van der Waals surface area contributed by atoms with Crippen molar-refractivity contribution in [3.63, 3.8) is 0 Å². The number of amides is 1. The first-order valence-corrected chi connectivity index (χ1v) is 7.10. The predicted molar refractivity (Wildman–Crippen MR) is 77.9 cm³/mol. The van der Waals surface area contributed by atoms with Gasteiger partial charge in [0, 0.05) is 12.2 Å². The van der Waals surface area contributed by atoms with Crippen molar-refractivity contribution in [3.8, 4) is 0 Å². The molecule has 0 spiro atoms. The molecule has 1 aromatic rings. The number of rotatable bonds is 4. The van der Waals surface area contributed by atoms with Crippen LogP contribution in [0.5, 0.6) is 0 Å². The molecule has 0 saturated carbocycles. The van der Waals surface area contributed by atoms with Gasteiger partial charge in [0.2, 0.25) is 5.91 Å². The molecule has 1 aliphatic heterocycles. The summed E-state index contributed by atoms with van der Waals surface area (Å²) in [5, 5.41) is 2.97. The van der Waals surface area contributed by atoms with E-state index in [1.165, 1.54) is 25.7 Å². The summed E-state index contributed by atoms with van der Waals surface area (Å²) in [6, 6.07) is 7.71. The van der Waals surface area contributed by atoms with E-state index in [1.54, 1.807) is 0 Å². The summed E-state index contributed by atoms with van der Waals surface area (Å²) in [7, 11) is 0. The zero-order valence-corrected chi connectivity index (χ0v) is 11.4. The molecule has 2 rings (SSSR count). The molecule has 0 aliphatic carbocycles. The van der Waals surface area contributed by atoms with Gasteiger partial charge in [-0.15, -0.1) is 0 Å². The van der Waals surface area contributed by atoms with Crippen LogP contribution in [0, 0.1) is 0 Å². The van der Waals surface area contributed by atoms with E-state index in [2.05, 4.69) is 10.2 Å². The highest BCUT2D eigenvalue weighted by Gasteiger charge is 2.13. The number of nitrogens with two attached hydrogens (primary N) is 1. The highest BCUT2D eigenvalue weighted by atomic mass is 16.2. The van der Waals surface area contributed by atoms with Gasteiger partial charge in [-0.05, 0) is 37.6 Å². The third-order valence-corrected chi connectivity index (χ3v) is 3.58. The number of nitrogens with one attached hydrogen (secondary N) is 1. The van der Waals surface area contributed by atoms with Gasteiger partial charge in [0.05, 0.1) is 6.54 Å². The Labute approximate surface area is 115 Å². The lowest BCUT2D eigenvalue weighted by molar-refractivity contribution is -0.117. The second-order valence-corrected chi connectivity index (χ2v) is 5.10. The molecule has 19 heavy (non-hydrogen) atoms. The molecule has 0 aromatic heterocycles. The van der Waals surface area contributed by atoms with E-state index in [-0.39, 0.29) is 5.91 Å². The Bertz CT molecular complexity index is 412.